The van der Waals surface area contributed by atoms with Crippen LogP contribution in [-0.4, -0.2) is 38.1 Å². The average molecular weight is 419 g/mol. The Balaban J connectivity index is 4.00. The van der Waals surface area contributed by atoms with Gasteiger partial charge in [-0.25, -0.2) is 8.37 Å². The van der Waals surface area contributed by atoms with Gasteiger partial charge in [0.1, 0.15) is 12.2 Å². The van der Waals surface area contributed by atoms with Crippen molar-refractivity contribution in [2.45, 2.75) is 103 Å². The van der Waals surface area contributed by atoms with Gasteiger partial charge in [0, 0.05) is 0 Å². The van der Waals surface area contributed by atoms with Crippen molar-refractivity contribution in [2.75, 3.05) is 0 Å². The molecule has 0 rings (SSSR count). The minimum Gasteiger partial charge on any atom is -0.264 e. The van der Waals surface area contributed by atoms with Crippen molar-refractivity contribution >= 4 is 20.8 Å². The Morgan fingerprint density at radius 2 is 1.08 bits per heavy atom. The first-order valence-corrected chi connectivity index (χ1v) is 12.1. The predicted molar refractivity (Wildman–Crippen MR) is 99.6 cm³/mol. The predicted octanol–water partition coefficient (Wildman–Crippen LogP) is 4.08. The third kappa shape index (κ3) is 17.2. The van der Waals surface area contributed by atoms with Crippen molar-refractivity contribution < 1.29 is 34.3 Å². The summed E-state index contributed by atoms with van der Waals surface area (Å²) < 4.78 is 69.5. The fraction of sp³-hybridized carbons (Fsp3) is 1.00. The minimum atomic E-state index is -4.74. The average Bonchev–Trinajstić information content (AvgIpc) is 2.48. The van der Waals surface area contributed by atoms with Gasteiger partial charge in [0.25, 0.3) is 0 Å². The van der Waals surface area contributed by atoms with E-state index in [1.165, 1.54) is 51.9 Å². The molecular weight excluding hydrogens is 384 g/mol. The second-order valence-electron chi connectivity index (χ2n) is 6.62. The second-order valence-corrected chi connectivity index (χ2v) is 8.71. The number of rotatable bonds is 17. The Hall–Kier alpha value is -0.260. The molecular formula is C16H34O8S2. The third-order valence-electron chi connectivity index (χ3n) is 4.13. The van der Waals surface area contributed by atoms with Crippen LogP contribution in [0.1, 0.15) is 90.9 Å². The zero-order chi connectivity index (χ0) is 20.1. The van der Waals surface area contributed by atoms with Gasteiger partial charge in [0.15, 0.2) is 0 Å². The van der Waals surface area contributed by atoms with E-state index in [4.69, 9.17) is 9.11 Å². The lowest BCUT2D eigenvalue weighted by Crippen LogP contribution is -2.33. The van der Waals surface area contributed by atoms with E-state index in [-0.39, 0.29) is 6.42 Å². The number of hydrogen-bond acceptors (Lipinski definition) is 6. The van der Waals surface area contributed by atoms with Gasteiger partial charge < -0.3 is 0 Å². The zero-order valence-electron chi connectivity index (χ0n) is 15.8. The summed E-state index contributed by atoms with van der Waals surface area (Å²) in [6, 6.07) is 0. The van der Waals surface area contributed by atoms with Crippen LogP contribution in [0.5, 0.6) is 0 Å². The lowest BCUT2D eigenvalue weighted by Gasteiger charge is -2.21. The van der Waals surface area contributed by atoms with Crippen LogP contribution < -0.4 is 0 Å². The molecule has 0 saturated carbocycles. The molecule has 2 N–H and O–H groups in total. The summed E-state index contributed by atoms with van der Waals surface area (Å²) >= 11 is 0. The van der Waals surface area contributed by atoms with Crippen LogP contribution in [0.3, 0.4) is 0 Å². The Kier molecular flexibility index (Phi) is 13.7. The summed E-state index contributed by atoms with van der Waals surface area (Å²) in [7, 11) is -9.48. The Morgan fingerprint density at radius 3 is 1.46 bits per heavy atom. The summed E-state index contributed by atoms with van der Waals surface area (Å²) in [5.41, 5.74) is 0. The normalized spacial score (nSPS) is 15.1. The molecule has 0 aliphatic carbocycles. The van der Waals surface area contributed by atoms with Crippen LogP contribution in [0.25, 0.3) is 0 Å². The molecule has 158 valence electrons. The Bertz CT molecular complexity index is 545. The second kappa shape index (κ2) is 13.8. The molecule has 2 unspecified atom stereocenters. The van der Waals surface area contributed by atoms with Gasteiger partial charge >= 0.3 is 20.8 Å². The molecule has 0 aromatic rings. The van der Waals surface area contributed by atoms with Crippen molar-refractivity contribution in [2.24, 2.45) is 0 Å². The summed E-state index contributed by atoms with van der Waals surface area (Å²) in [6.07, 6.45) is 10.0. The van der Waals surface area contributed by atoms with Crippen molar-refractivity contribution in [3.63, 3.8) is 0 Å². The van der Waals surface area contributed by atoms with E-state index >= 15 is 0 Å². The molecule has 0 fully saturated rings. The first-order chi connectivity index (χ1) is 12.0. The Morgan fingerprint density at radius 1 is 0.692 bits per heavy atom. The largest absolute Gasteiger partial charge is 0.397 e. The first-order valence-electron chi connectivity index (χ1n) is 9.36. The molecule has 10 heteroatoms. The maximum absolute atomic E-state index is 10.9. The highest BCUT2D eigenvalue weighted by Crippen LogP contribution is 2.18. The summed E-state index contributed by atoms with van der Waals surface area (Å²) in [6.45, 7) is 3.45. The molecule has 0 heterocycles. The van der Waals surface area contributed by atoms with Crippen LogP contribution in [0.4, 0.5) is 0 Å². The van der Waals surface area contributed by atoms with E-state index in [0.29, 0.717) is 6.42 Å². The van der Waals surface area contributed by atoms with Gasteiger partial charge in [0.2, 0.25) is 0 Å². The number of hydrogen-bond donors (Lipinski definition) is 2. The van der Waals surface area contributed by atoms with Gasteiger partial charge in [-0.2, -0.15) is 16.8 Å². The van der Waals surface area contributed by atoms with E-state index in [1.807, 2.05) is 0 Å². The molecule has 0 aromatic carbocycles. The summed E-state index contributed by atoms with van der Waals surface area (Å²) in [4.78, 5) is 0. The molecule has 0 spiro atoms. The number of unbranched alkanes of at least 4 members (excludes halogenated alkanes) is 10. The lowest BCUT2D eigenvalue weighted by molar-refractivity contribution is 0.0501. The van der Waals surface area contributed by atoms with E-state index < -0.39 is 33.0 Å². The van der Waals surface area contributed by atoms with Gasteiger partial charge in [-0.3, -0.25) is 9.11 Å². The summed E-state index contributed by atoms with van der Waals surface area (Å²) in [5.74, 6) is 0. The van der Waals surface area contributed by atoms with E-state index in [2.05, 4.69) is 15.3 Å². The van der Waals surface area contributed by atoms with Crippen molar-refractivity contribution in [3.8, 4) is 0 Å². The topological polar surface area (TPSA) is 127 Å². The van der Waals surface area contributed by atoms with Crippen molar-refractivity contribution in [1.29, 1.82) is 0 Å². The maximum Gasteiger partial charge on any atom is 0.397 e. The Labute approximate surface area is 158 Å². The molecule has 0 aliphatic rings. The molecule has 26 heavy (non-hydrogen) atoms. The maximum atomic E-state index is 10.9. The molecule has 0 bridgehead atoms. The molecule has 2 atom stereocenters. The molecule has 0 amide bonds. The molecule has 0 saturated heterocycles. The molecule has 8 nitrogen and oxygen atoms in total. The van der Waals surface area contributed by atoms with Gasteiger partial charge in [-0.15, -0.1) is 0 Å². The SMILES string of the molecule is CCCCCCCCCCCCCC(OS(=O)(=O)O)C(C)OS(=O)(=O)O. The summed E-state index contributed by atoms with van der Waals surface area (Å²) in [5, 5.41) is 0. The fourth-order valence-electron chi connectivity index (χ4n) is 2.78. The van der Waals surface area contributed by atoms with Crippen molar-refractivity contribution in [1.82, 2.24) is 0 Å². The first kappa shape index (κ1) is 25.7. The monoisotopic (exact) mass is 418 g/mol. The van der Waals surface area contributed by atoms with Crippen LogP contribution in [0, 0.1) is 0 Å². The van der Waals surface area contributed by atoms with Gasteiger partial charge in [-0.05, 0) is 13.3 Å². The lowest BCUT2D eigenvalue weighted by atomic mass is 10.0. The van der Waals surface area contributed by atoms with E-state index in [0.717, 1.165) is 19.3 Å². The van der Waals surface area contributed by atoms with Crippen molar-refractivity contribution in [3.05, 3.63) is 0 Å². The smallest absolute Gasteiger partial charge is 0.264 e. The van der Waals surface area contributed by atoms with Crippen LogP contribution >= 0.6 is 0 Å². The molecule has 0 radical (unpaired) electrons. The van der Waals surface area contributed by atoms with E-state index in [1.54, 1.807) is 0 Å². The molecule has 0 aliphatic heterocycles. The molecule has 0 aromatic heterocycles. The highest BCUT2D eigenvalue weighted by atomic mass is 32.3. The van der Waals surface area contributed by atoms with Gasteiger partial charge in [0.05, 0.1) is 0 Å². The minimum absolute atomic E-state index is 0.188. The quantitative estimate of drug-likeness (QED) is 0.267. The fourth-order valence-corrected chi connectivity index (χ4v) is 3.85. The highest BCUT2D eigenvalue weighted by Gasteiger charge is 2.27. The van der Waals surface area contributed by atoms with E-state index in [9.17, 15) is 16.8 Å². The van der Waals surface area contributed by atoms with Crippen LogP contribution in [0.2, 0.25) is 0 Å². The van der Waals surface area contributed by atoms with Crippen LogP contribution in [-0.2, 0) is 29.2 Å². The zero-order valence-corrected chi connectivity index (χ0v) is 17.4. The highest BCUT2D eigenvalue weighted by molar-refractivity contribution is 7.81. The van der Waals surface area contributed by atoms with Gasteiger partial charge in [-0.1, -0.05) is 77.6 Å². The third-order valence-corrected chi connectivity index (χ3v) is 5.17. The standard InChI is InChI=1S/C16H34O8S2/c1-3-4-5-6-7-8-9-10-11-12-13-14-16(24-26(20,21)22)15(2)23-25(17,18)19/h15-16H,3-14H2,1-2H3,(H,17,18,19)(H,20,21,22). The van der Waals surface area contributed by atoms with Crippen LogP contribution in [0.15, 0.2) is 0 Å².